The smallest absolute Gasteiger partial charge is 0.0136 e. The second kappa shape index (κ2) is 2.74. The van der Waals surface area contributed by atoms with E-state index in [1.807, 2.05) is 0 Å². The predicted molar refractivity (Wildman–Crippen MR) is 46.4 cm³/mol. The van der Waals surface area contributed by atoms with E-state index in [1.165, 1.54) is 24.3 Å². The third kappa shape index (κ3) is 1.19. The van der Waals surface area contributed by atoms with Gasteiger partial charge in [0.25, 0.3) is 0 Å². The Morgan fingerprint density at radius 2 is 2.00 bits per heavy atom. The molecule has 58 valence electrons. The molecule has 2 fully saturated rings. The molecule has 2 heteroatoms. The van der Waals surface area contributed by atoms with E-state index in [0.717, 1.165) is 17.9 Å². The van der Waals surface area contributed by atoms with Crippen LogP contribution in [-0.4, -0.2) is 24.6 Å². The number of nitrogens with one attached hydrogen (secondary N) is 1. The van der Waals surface area contributed by atoms with E-state index in [1.54, 1.807) is 0 Å². The van der Waals surface area contributed by atoms with E-state index in [-0.39, 0.29) is 0 Å². The van der Waals surface area contributed by atoms with E-state index in [9.17, 15) is 0 Å². The van der Waals surface area contributed by atoms with Gasteiger partial charge in [0.1, 0.15) is 0 Å². The maximum Gasteiger partial charge on any atom is 0.0136 e. The van der Waals surface area contributed by atoms with Crippen molar-refractivity contribution in [2.75, 3.05) is 18.6 Å². The third-order valence-corrected chi connectivity index (χ3v) is 3.96. The van der Waals surface area contributed by atoms with Gasteiger partial charge in [-0.2, -0.15) is 11.8 Å². The number of hydrogen-bond acceptors (Lipinski definition) is 2. The van der Waals surface area contributed by atoms with Crippen molar-refractivity contribution in [3.05, 3.63) is 0 Å². The quantitative estimate of drug-likeness (QED) is 0.663. The predicted octanol–water partition coefficient (Wildman–Crippen LogP) is 1.35. The van der Waals surface area contributed by atoms with Crippen LogP contribution < -0.4 is 5.32 Å². The number of thioether (sulfide) groups is 1. The van der Waals surface area contributed by atoms with E-state index < -0.39 is 0 Å². The molecule has 1 atom stereocenters. The molecule has 0 aromatic heterocycles. The highest BCUT2D eigenvalue weighted by Crippen LogP contribution is 2.40. The zero-order valence-corrected chi connectivity index (χ0v) is 7.29. The van der Waals surface area contributed by atoms with Crippen LogP contribution in [0, 0.1) is 11.8 Å². The molecule has 0 radical (unpaired) electrons. The Labute approximate surface area is 67.0 Å². The van der Waals surface area contributed by atoms with Crippen LogP contribution in [0.15, 0.2) is 0 Å². The standard InChI is InChI=1S/C8H15NS/c1-9-8(6-2-3-6)7-4-10-5-7/h6-9H,2-5H2,1H3. The molecular weight excluding hydrogens is 142 g/mol. The highest BCUT2D eigenvalue weighted by atomic mass is 32.2. The van der Waals surface area contributed by atoms with Crippen LogP contribution in [0.1, 0.15) is 12.8 Å². The molecule has 0 spiro atoms. The minimum absolute atomic E-state index is 0.862. The molecule has 1 aliphatic heterocycles. The largest absolute Gasteiger partial charge is 0.316 e. The SMILES string of the molecule is CNC(C1CC1)C1CSC1. The van der Waals surface area contributed by atoms with Gasteiger partial charge in [-0.05, 0) is 43.2 Å². The van der Waals surface area contributed by atoms with Crippen LogP contribution in [-0.2, 0) is 0 Å². The summed E-state index contributed by atoms with van der Waals surface area (Å²) < 4.78 is 0. The van der Waals surface area contributed by atoms with Gasteiger partial charge in [0.05, 0.1) is 0 Å². The van der Waals surface area contributed by atoms with Crippen molar-refractivity contribution in [3.63, 3.8) is 0 Å². The van der Waals surface area contributed by atoms with Crippen molar-refractivity contribution < 1.29 is 0 Å². The second-order valence-corrected chi connectivity index (χ2v) is 4.52. The van der Waals surface area contributed by atoms with Crippen LogP contribution in [0.4, 0.5) is 0 Å². The normalized spacial score (nSPS) is 29.7. The first kappa shape index (κ1) is 6.99. The van der Waals surface area contributed by atoms with Crippen LogP contribution >= 0.6 is 11.8 Å². The van der Waals surface area contributed by atoms with Gasteiger partial charge >= 0.3 is 0 Å². The average molecular weight is 157 g/mol. The van der Waals surface area contributed by atoms with Crippen molar-refractivity contribution in [3.8, 4) is 0 Å². The summed E-state index contributed by atoms with van der Waals surface area (Å²) in [6, 6.07) is 0.862. The van der Waals surface area contributed by atoms with Crippen LogP contribution in [0.3, 0.4) is 0 Å². The van der Waals surface area contributed by atoms with Gasteiger partial charge in [-0.25, -0.2) is 0 Å². The van der Waals surface area contributed by atoms with Gasteiger partial charge in [-0.3, -0.25) is 0 Å². The molecule has 10 heavy (non-hydrogen) atoms. The summed E-state index contributed by atoms with van der Waals surface area (Å²) in [5.41, 5.74) is 0. The van der Waals surface area contributed by atoms with Crippen LogP contribution in [0.2, 0.25) is 0 Å². The summed E-state index contributed by atoms with van der Waals surface area (Å²) >= 11 is 2.09. The second-order valence-electron chi connectivity index (χ2n) is 3.45. The van der Waals surface area contributed by atoms with Gasteiger partial charge in [-0.1, -0.05) is 0 Å². The fraction of sp³-hybridized carbons (Fsp3) is 1.00. The van der Waals surface area contributed by atoms with Gasteiger partial charge in [-0.15, -0.1) is 0 Å². The van der Waals surface area contributed by atoms with Gasteiger partial charge in [0, 0.05) is 6.04 Å². The molecule has 0 aromatic carbocycles. The highest BCUT2D eigenvalue weighted by Gasteiger charge is 2.37. The summed E-state index contributed by atoms with van der Waals surface area (Å²) in [5, 5.41) is 3.45. The summed E-state index contributed by atoms with van der Waals surface area (Å²) in [6.45, 7) is 0. The lowest BCUT2D eigenvalue weighted by atomic mass is 9.99. The van der Waals surface area contributed by atoms with Crippen LogP contribution in [0.25, 0.3) is 0 Å². The van der Waals surface area contributed by atoms with Crippen LogP contribution in [0.5, 0.6) is 0 Å². The molecule has 1 aliphatic carbocycles. The Morgan fingerprint density at radius 1 is 1.30 bits per heavy atom. The zero-order chi connectivity index (χ0) is 6.97. The fourth-order valence-corrected chi connectivity index (χ4v) is 2.70. The molecular formula is C8H15NS. The minimum atomic E-state index is 0.862. The third-order valence-electron chi connectivity index (χ3n) is 2.63. The molecule has 1 nitrogen and oxygen atoms in total. The summed E-state index contributed by atoms with van der Waals surface area (Å²) in [5.74, 6) is 4.85. The van der Waals surface area contributed by atoms with E-state index in [0.29, 0.717) is 0 Å². The number of hydrogen-bond donors (Lipinski definition) is 1. The molecule has 0 bridgehead atoms. The monoisotopic (exact) mass is 157 g/mol. The first-order valence-corrected chi connectivity index (χ1v) is 5.32. The van der Waals surface area contributed by atoms with Gasteiger partial charge in [0.2, 0.25) is 0 Å². The molecule has 2 rings (SSSR count). The Morgan fingerprint density at radius 3 is 2.30 bits per heavy atom. The number of rotatable bonds is 3. The maximum atomic E-state index is 3.45. The first-order chi connectivity index (χ1) is 4.92. The van der Waals surface area contributed by atoms with E-state index in [4.69, 9.17) is 0 Å². The average Bonchev–Trinajstić information content (AvgIpc) is 2.58. The Hall–Kier alpha value is 0.310. The molecule has 2 aliphatic rings. The Bertz CT molecular complexity index is 118. The topological polar surface area (TPSA) is 12.0 Å². The van der Waals surface area contributed by atoms with Gasteiger partial charge in [0.15, 0.2) is 0 Å². The fourth-order valence-electron chi connectivity index (χ4n) is 1.77. The van der Waals surface area contributed by atoms with Crippen molar-refractivity contribution >= 4 is 11.8 Å². The molecule has 1 unspecified atom stereocenters. The van der Waals surface area contributed by atoms with E-state index in [2.05, 4.69) is 24.1 Å². The molecule has 1 heterocycles. The summed E-state index contributed by atoms with van der Waals surface area (Å²) in [6.07, 6.45) is 2.96. The zero-order valence-electron chi connectivity index (χ0n) is 6.47. The van der Waals surface area contributed by atoms with Crippen molar-refractivity contribution in [1.82, 2.24) is 5.32 Å². The van der Waals surface area contributed by atoms with Crippen molar-refractivity contribution in [2.45, 2.75) is 18.9 Å². The van der Waals surface area contributed by atoms with Crippen molar-refractivity contribution in [2.24, 2.45) is 11.8 Å². The lowest BCUT2D eigenvalue weighted by molar-refractivity contribution is 0.382. The Kier molecular flexibility index (Phi) is 1.92. The lowest BCUT2D eigenvalue weighted by Crippen LogP contribution is -2.42. The van der Waals surface area contributed by atoms with Crippen molar-refractivity contribution in [1.29, 1.82) is 0 Å². The maximum absolute atomic E-state index is 3.45. The Balaban J connectivity index is 1.84. The summed E-state index contributed by atoms with van der Waals surface area (Å²) in [4.78, 5) is 0. The first-order valence-electron chi connectivity index (χ1n) is 4.17. The molecule has 0 aromatic rings. The molecule has 0 amide bonds. The summed E-state index contributed by atoms with van der Waals surface area (Å²) in [7, 11) is 2.12. The minimum Gasteiger partial charge on any atom is -0.316 e. The molecule has 1 N–H and O–H groups in total. The lowest BCUT2D eigenvalue weighted by Gasteiger charge is -2.33. The molecule has 1 saturated carbocycles. The van der Waals surface area contributed by atoms with E-state index >= 15 is 0 Å². The molecule has 1 saturated heterocycles. The van der Waals surface area contributed by atoms with Gasteiger partial charge < -0.3 is 5.32 Å². The highest BCUT2D eigenvalue weighted by molar-refractivity contribution is 8.00.